The molecule has 0 aliphatic carbocycles. The van der Waals surface area contributed by atoms with E-state index in [1.54, 1.807) is 19.6 Å². The van der Waals surface area contributed by atoms with Gasteiger partial charge >= 0.3 is 23.9 Å². The van der Waals surface area contributed by atoms with E-state index in [9.17, 15) is 34.5 Å². The van der Waals surface area contributed by atoms with Crippen molar-refractivity contribution < 1.29 is 39.6 Å². The lowest BCUT2D eigenvalue weighted by molar-refractivity contribution is -0.142. The first-order valence-corrected chi connectivity index (χ1v) is 10.9. The van der Waals surface area contributed by atoms with E-state index in [0.717, 1.165) is 0 Å². The lowest BCUT2D eigenvalue weighted by Crippen LogP contribution is -2.52. The average molecular weight is 463 g/mol. The molecule has 1 rings (SSSR count). The van der Waals surface area contributed by atoms with Crippen molar-refractivity contribution in [1.29, 1.82) is 0 Å². The molecule has 186 valence electrons. The largest absolute Gasteiger partial charge is 0.480 e. The third-order valence-electron chi connectivity index (χ3n) is 5.04. The van der Waals surface area contributed by atoms with Crippen LogP contribution in [0.2, 0.25) is 0 Å². The van der Waals surface area contributed by atoms with Gasteiger partial charge in [-0.3, -0.25) is 38.8 Å². The average Bonchev–Trinajstić information content (AvgIpc) is 2.69. The molecule has 12 nitrogen and oxygen atoms in total. The van der Waals surface area contributed by atoms with Crippen molar-refractivity contribution in [2.45, 2.75) is 33.2 Å². The molecule has 0 aromatic rings. The Hall–Kier alpha value is -2.28. The quantitative estimate of drug-likeness (QED) is 0.343. The first kappa shape index (κ1) is 29.7. The first-order chi connectivity index (χ1) is 15.1. The summed E-state index contributed by atoms with van der Waals surface area (Å²) in [6.45, 7) is 7.08. The van der Waals surface area contributed by atoms with Gasteiger partial charge in [0.25, 0.3) is 0 Å². The van der Waals surface area contributed by atoms with Gasteiger partial charge in [-0.2, -0.15) is 0 Å². The SMILES string of the molecule is CC.CCC1CN(CC(=O)O)CCN(CC(=O)O)CCN(CC(=O)O)CCN1CC(=O)O. The van der Waals surface area contributed by atoms with Crippen LogP contribution in [0.3, 0.4) is 0 Å². The molecule has 1 heterocycles. The molecule has 0 saturated carbocycles. The number of rotatable bonds is 9. The molecule has 1 atom stereocenters. The second kappa shape index (κ2) is 16.4. The monoisotopic (exact) mass is 462 g/mol. The fraction of sp³-hybridized carbons (Fsp3) is 0.800. The Morgan fingerprint density at radius 3 is 1.34 bits per heavy atom. The van der Waals surface area contributed by atoms with E-state index in [0.29, 0.717) is 52.2 Å². The minimum atomic E-state index is -1.02. The van der Waals surface area contributed by atoms with E-state index in [-0.39, 0.29) is 32.2 Å². The van der Waals surface area contributed by atoms with E-state index in [2.05, 4.69) is 0 Å². The molecule has 1 aliphatic rings. The zero-order valence-corrected chi connectivity index (χ0v) is 19.3. The van der Waals surface area contributed by atoms with E-state index in [4.69, 9.17) is 5.11 Å². The minimum absolute atomic E-state index is 0.231. The zero-order valence-electron chi connectivity index (χ0n) is 19.3. The molecule has 0 aromatic carbocycles. The summed E-state index contributed by atoms with van der Waals surface area (Å²) in [7, 11) is 0. The molecule has 4 N–H and O–H groups in total. The van der Waals surface area contributed by atoms with Crippen molar-refractivity contribution in [3.05, 3.63) is 0 Å². The lowest BCUT2D eigenvalue weighted by atomic mass is 10.1. The molecule has 32 heavy (non-hydrogen) atoms. The lowest BCUT2D eigenvalue weighted by Gasteiger charge is -2.37. The van der Waals surface area contributed by atoms with Crippen molar-refractivity contribution >= 4 is 23.9 Å². The van der Waals surface area contributed by atoms with Crippen LogP contribution >= 0.6 is 0 Å². The van der Waals surface area contributed by atoms with Gasteiger partial charge in [-0.1, -0.05) is 20.8 Å². The van der Waals surface area contributed by atoms with E-state index in [1.165, 1.54) is 0 Å². The highest BCUT2D eigenvalue weighted by Crippen LogP contribution is 2.09. The Balaban J connectivity index is 0.00000466. The van der Waals surface area contributed by atoms with Crippen LogP contribution in [0.1, 0.15) is 27.2 Å². The molecule has 1 fully saturated rings. The second-order valence-electron chi connectivity index (χ2n) is 7.39. The van der Waals surface area contributed by atoms with Gasteiger partial charge in [0, 0.05) is 51.9 Å². The van der Waals surface area contributed by atoms with E-state index in [1.807, 2.05) is 20.8 Å². The molecule has 0 amide bonds. The smallest absolute Gasteiger partial charge is 0.317 e. The maximum absolute atomic E-state index is 11.3. The maximum Gasteiger partial charge on any atom is 0.317 e. The summed E-state index contributed by atoms with van der Waals surface area (Å²) in [6, 6.07) is -0.237. The molecule has 12 heteroatoms. The normalized spacial score (nSPS) is 20.3. The highest BCUT2D eigenvalue weighted by molar-refractivity contribution is 5.70. The van der Waals surface area contributed by atoms with Crippen LogP contribution in [0.25, 0.3) is 0 Å². The van der Waals surface area contributed by atoms with Gasteiger partial charge in [0.15, 0.2) is 0 Å². The number of carboxylic acids is 4. The summed E-state index contributed by atoms with van der Waals surface area (Å²) in [5.74, 6) is -4.06. The van der Waals surface area contributed by atoms with Crippen LogP contribution in [0.15, 0.2) is 0 Å². The molecule has 0 aromatic heterocycles. The predicted molar refractivity (Wildman–Crippen MR) is 117 cm³/mol. The fourth-order valence-electron chi connectivity index (χ4n) is 3.55. The Morgan fingerprint density at radius 2 is 0.969 bits per heavy atom. The third-order valence-corrected chi connectivity index (χ3v) is 5.04. The number of aliphatic carboxylic acids is 4. The second-order valence-corrected chi connectivity index (χ2v) is 7.39. The minimum Gasteiger partial charge on any atom is -0.480 e. The van der Waals surface area contributed by atoms with Crippen molar-refractivity contribution in [2.75, 3.05) is 72.0 Å². The van der Waals surface area contributed by atoms with Gasteiger partial charge in [-0.25, -0.2) is 0 Å². The molecule has 1 unspecified atom stereocenters. The number of carbonyl (C=O) groups is 4. The van der Waals surface area contributed by atoms with Crippen LogP contribution in [0.4, 0.5) is 0 Å². The Kier molecular flexibility index (Phi) is 15.2. The van der Waals surface area contributed by atoms with E-state index < -0.39 is 23.9 Å². The maximum atomic E-state index is 11.3. The van der Waals surface area contributed by atoms with E-state index >= 15 is 0 Å². The van der Waals surface area contributed by atoms with Crippen LogP contribution in [0.5, 0.6) is 0 Å². The molecule has 0 spiro atoms. The van der Waals surface area contributed by atoms with Gasteiger partial charge in [-0.05, 0) is 6.42 Å². The molecule has 1 saturated heterocycles. The van der Waals surface area contributed by atoms with Crippen LogP contribution in [-0.2, 0) is 19.2 Å². The molecule has 1 aliphatic heterocycles. The summed E-state index contributed by atoms with van der Waals surface area (Å²) in [6.07, 6.45) is 0.584. The van der Waals surface area contributed by atoms with Crippen molar-refractivity contribution in [1.82, 2.24) is 19.6 Å². The van der Waals surface area contributed by atoms with Gasteiger partial charge in [0.1, 0.15) is 0 Å². The molecule has 0 radical (unpaired) electrons. The van der Waals surface area contributed by atoms with Crippen molar-refractivity contribution in [3.8, 4) is 0 Å². The van der Waals surface area contributed by atoms with Gasteiger partial charge in [-0.15, -0.1) is 0 Å². The predicted octanol–water partition coefficient (Wildman–Crippen LogP) is -0.649. The van der Waals surface area contributed by atoms with Gasteiger partial charge in [0.2, 0.25) is 0 Å². The third kappa shape index (κ3) is 13.2. The number of nitrogens with zero attached hydrogens (tertiary/aromatic N) is 4. The Morgan fingerprint density at radius 1 is 0.625 bits per heavy atom. The summed E-state index contributed by atoms with van der Waals surface area (Å²) in [5.41, 5.74) is 0. The fourth-order valence-corrected chi connectivity index (χ4v) is 3.55. The number of hydrogen-bond donors (Lipinski definition) is 4. The summed E-state index contributed by atoms with van der Waals surface area (Å²) in [5, 5.41) is 36.9. The van der Waals surface area contributed by atoms with Gasteiger partial charge < -0.3 is 20.4 Å². The summed E-state index contributed by atoms with van der Waals surface area (Å²) < 4.78 is 0. The first-order valence-electron chi connectivity index (χ1n) is 10.9. The number of hydrogen-bond acceptors (Lipinski definition) is 8. The number of carboxylic acid groups (broad SMARTS) is 4. The van der Waals surface area contributed by atoms with Crippen LogP contribution < -0.4 is 0 Å². The van der Waals surface area contributed by atoms with Crippen LogP contribution in [0, 0.1) is 0 Å². The van der Waals surface area contributed by atoms with Crippen molar-refractivity contribution in [2.24, 2.45) is 0 Å². The highest BCUT2D eigenvalue weighted by Gasteiger charge is 2.26. The molecular weight excluding hydrogens is 424 g/mol. The molecule has 0 bridgehead atoms. The topological polar surface area (TPSA) is 162 Å². The zero-order chi connectivity index (χ0) is 24.7. The van der Waals surface area contributed by atoms with Crippen LogP contribution in [-0.4, -0.2) is 142 Å². The van der Waals surface area contributed by atoms with Gasteiger partial charge in [0.05, 0.1) is 26.2 Å². The Bertz CT molecular complexity index is 604. The summed E-state index contributed by atoms with van der Waals surface area (Å²) >= 11 is 0. The standard InChI is InChI=1S/C18H32N4O8.C2H6/c1-2-14-9-21(12-17(27)28)6-5-19(10-15(23)24)3-4-20(11-16(25)26)7-8-22(14)13-18(29)30;1-2/h14H,2-13H2,1H3,(H,23,24)(H,25,26)(H,27,28)(H,29,30);1-2H3. The molecular formula is C20H38N4O8. The highest BCUT2D eigenvalue weighted by atomic mass is 16.4. The Labute approximate surface area is 189 Å². The summed E-state index contributed by atoms with van der Waals surface area (Å²) in [4.78, 5) is 51.8. The van der Waals surface area contributed by atoms with Crippen molar-refractivity contribution in [3.63, 3.8) is 0 Å².